The highest BCUT2D eigenvalue weighted by Gasteiger charge is 2.33. The molecule has 0 fully saturated rings. The third kappa shape index (κ3) is 8.54. The Kier molecular flexibility index (Phi) is 11.2. The first-order valence-corrected chi connectivity index (χ1v) is 25.0. The molecule has 5 heteroatoms. The van der Waals surface area contributed by atoms with Crippen molar-refractivity contribution in [2.24, 2.45) is 0 Å². The third-order valence-corrected chi connectivity index (χ3v) is 14.1. The Hall–Kier alpha value is -7.89. The van der Waals surface area contributed by atoms with Crippen LogP contribution in [0, 0.1) is 0 Å². The quantitative estimate of drug-likeness (QED) is 0.152. The molecule has 10 aromatic rings. The van der Waals surface area contributed by atoms with E-state index >= 15 is 0 Å². The van der Waals surface area contributed by atoms with Gasteiger partial charge in [0.2, 0.25) is 0 Å². The number of benzene rings is 8. The van der Waals surface area contributed by atoms with Crippen LogP contribution in [0.4, 0.5) is 22.7 Å². The molecule has 0 bridgehead atoms. The molecule has 0 aliphatic carbocycles. The Morgan fingerprint density at radius 1 is 0.423 bits per heavy atom. The molecule has 8 aromatic carbocycles. The van der Waals surface area contributed by atoms with Crippen LogP contribution in [0.25, 0.3) is 61.0 Å². The zero-order valence-electron chi connectivity index (χ0n) is 42.5. The Morgan fingerprint density at radius 2 is 1.00 bits per heavy atom. The summed E-state index contributed by atoms with van der Waals surface area (Å²) < 4.78 is 9.45. The van der Waals surface area contributed by atoms with Gasteiger partial charge in [-0.05, 0) is 104 Å². The topological polar surface area (TPSA) is 33.5 Å². The monoisotopic (exact) mass is 926 g/mol. The molecular formula is C66H62N4O. The number of ether oxygens (including phenoxy) is 1. The molecule has 1 aliphatic heterocycles. The summed E-state index contributed by atoms with van der Waals surface area (Å²) >= 11 is 0. The summed E-state index contributed by atoms with van der Waals surface area (Å²) in [6.45, 7) is 21.2. The lowest BCUT2D eigenvalue weighted by molar-refractivity contribution is 0.479. The second-order valence-electron chi connectivity index (χ2n) is 22.2. The van der Waals surface area contributed by atoms with Gasteiger partial charge >= 0.3 is 0 Å². The lowest BCUT2D eigenvalue weighted by Gasteiger charge is -2.28. The van der Waals surface area contributed by atoms with E-state index in [4.69, 9.17) is 9.72 Å². The molecule has 71 heavy (non-hydrogen) atoms. The molecule has 11 rings (SSSR count). The van der Waals surface area contributed by atoms with Crippen molar-refractivity contribution in [2.75, 3.05) is 16.5 Å². The van der Waals surface area contributed by atoms with E-state index in [1.165, 1.54) is 55.6 Å². The predicted molar refractivity (Wildman–Crippen MR) is 300 cm³/mol. The minimum atomic E-state index is -0.156. The Morgan fingerprint density at radius 3 is 1.59 bits per heavy atom. The maximum atomic E-state index is 7.12. The van der Waals surface area contributed by atoms with E-state index in [2.05, 4.69) is 277 Å². The summed E-state index contributed by atoms with van der Waals surface area (Å²) in [5, 5.41) is 2.36. The molecule has 0 radical (unpaired) electrons. The van der Waals surface area contributed by atoms with Gasteiger partial charge in [-0.15, -0.1) is 0 Å². The molecule has 3 heterocycles. The molecule has 0 atom stereocenters. The molecule has 0 unspecified atom stereocenters. The Bertz CT molecular complexity index is 3530. The molecule has 0 amide bonds. The first kappa shape index (κ1) is 45.5. The molecule has 352 valence electrons. The van der Waals surface area contributed by atoms with Crippen LogP contribution in [0.5, 0.6) is 11.5 Å². The SMILES string of the molecule is CC(C)(C)c1cc(Oc2ccc3c4cc(C(C)(C)C)ccc4n(-c4cc(C(C)(C)C)c(-c5ccccc5)cn4)c3c2)cc(N2CN(c3c(-c4ccccc4)cccc3-c3ccccc3)c3ccccc32)c1. The van der Waals surface area contributed by atoms with Gasteiger partial charge in [-0.2, -0.15) is 0 Å². The van der Waals surface area contributed by atoms with E-state index in [0.29, 0.717) is 6.67 Å². The first-order valence-electron chi connectivity index (χ1n) is 25.0. The fraction of sp³-hybridized carbons (Fsp3) is 0.197. The van der Waals surface area contributed by atoms with Gasteiger partial charge in [0.05, 0.1) is 28.1 Å². The van der Waals surface area contributed by atoms with Crippen LogP contribution in [0.15, 0.2) is 200 Å². The van der Waals surface area contributed by atoms with Crippen LogP contribution in [0.3, 0.4) is 0 Å². The molecule has 5 nitrogen and oxygen atoms in total. The zero-order chi connectivity index (χ0) is 49.2. The van der Waals surface area contributed by atoms with Crippen LogP contribution in [-0.2, 0) is 16.2 Å². The first-order chi connectivity index (χ1) is 34.1. The van der Waals surface area contributed by atoms with E-state index < -0.39 is 0 Å². The number of hydrogen-bond donors (Lipinski definition) is 0. The minimum absolute atomic E-state index is 0.0151. The number of rotatable bonds is 8. The summed E-state index contributed by atoms with van der Waals surface area (Å²) in [7, 11) is 0. The van der Waals surface area contributed by atoms with Crippen LogP contribution in [0.2, 0.25) is 0 Å². The predicted octanol–water partition coefficient (Wildman–Crippen LogP) is 18.1. The Labute approximate surface area is 419 Å². The number of nitrogens with zero attached hydrogens (tertiary/aromatic N) is 4. The highest BCUT2D eigenvalue weighted by molar-refractivity contribution is 6.10. The molecule has 0 saturated carbocycles. The van der Waals surface area contributed by atoms with E-state index in [1.807, 2.05) is 0 Å². The number of fused-ring (bicyclic) bond motifs is 4. The normalized spacial score (nSPS) is 13.0. The van der Waals surface area contributed by atoms with E-state index in [9.17, 15) is 0 Å². The van der Waals surface area contributed by atoms with Gasteiger partial charge in [-0.3, -0.25) is 4.57 Å². The molecule has 0 N–H and O–H groups in total. The van der Waals surface area contributed by atoms with Crippen LogP contribution >= 0.6 is 0 Å². The standard InChI is InChI=1S/C66H62N4O/c1-64(2,3)47-32-35-58-55(38-47)54-34-33-50(40-61(54)70(58)62-41-57(66(7,8)9)56(42-67-62)46-26-17-12-18-27-46)71-51-37-48(65(4,5)6)36-49(39-51)68-43-69(60-31-20-19-30-59(60)68)63-52(44-22-13-10-14-23-44)28-21-29-53(63)45-24-15-11-16-25-45/h10-42H,43H2,1-9H3. The van der Waals surface area contributed by atoms with Gasteiger partial charge in [-0.1, -0.05) is 190 Å². The minimum Gasteiger partial charge on any atom is -0.457 e. The van der Waals surface area contributed by atoms with Crippen molar-refractivity contribution < 1.29 is 4.74 Å². The lowest BCUT2D eigenvalue weighted by Crippen LogP contribution is -2.25. The summed E-state index contributed by atoms with van der Waals surface area (Å²) in [5.74, 6) is 2.43. The van der Waals surface area contributed by atoms with Gasteiger partial charge in [0, 0.05) is 51.5 Å². The van der Waals surface area contributed by atoms with Gasteiger partial charge in [0.1, 0.15) is 24.0 Å². The second kappa shape index (κ2) is 17.5. The van der Waals surface area contributed by atoms with Crippen molar-refractivity contribution in [2.45, 2.75) is 78.6 Å². The van der Waals surface area contributed by atoms with Crippen LogP contribution in [0.1, 0.15) is 79.0 Å². The van der Waals surface area contributed by atoms with Gasteiger partial charge in [-0.25, -0.2) is 4.98 Å². The van der Waals surface area contributed by atoms with Crippen molar-refractivity contribution >= 4 is 44.6 Å². The van der Waals surface area contributed by atoms with Crippen LogP contribution in [-0.4, -0.2) is 16.2 Å². The van der Waals surface area contributed by atoms with Crippen molar-refractivity contribution in [1.82, 2.24) is 9.55 Å². The van der Waals surface area contributed by atoms with E-state index in [0.717, 1.165) is 56.4 Å². The lowest BCUT2D eigenvalue weighted by atomic mass is 9.82. The van der Waals surface area contributed by atoms with Gasteiger partial charge in [0.25, 0.3) is 0 Å². The molecular weight excluding hydrogens is 865 g/mol. The molecule has 1 aliphatic rings. The number of pyridine rings is 1. The van der Waals surface area contributed by atoms with Gasteiger partial charge in [0.15, 0.2) is 0 Å². The third-order valence-electron chi connectivity index (χ3n) is 14.1. The maximum Gasteiger partial charge on any atom is 0.137 e. The van der Waals surface area contributed by atoms with Crippen molar-refractivity contribution in [3.63, 3.8) is 0 Å². The smallest absolute Gasteiger partial charge is 0.137 e. The van der Waals surface area contributed by atoms with Crippen molar-refractivity contribution in [1.29, 1.82) is 0 Å². The van der Waals surface area contributed by atoms with E-state index in [-0.39, 0.29) is 16.2 Å². The molecule has 0 saturated heterocycles. The van der Waals surface area contributed by atoms with E-state index in [1.54, 1.807) is 0 Å². The summed E-state index contributed by atoms with van der Waals surface area (Å²) in [5.41, 5.74) is 17.2. The number of aromatic nitrogens is 2. The highest BCUT2D eigenvalue weighted by atomic mass is 16.5. The average Bonchev–Trinajstić information content (AvgIpc) is 3.91. The number of anilines is 4. The fourth-order valence-electron chi connectivity index (χ4n) is 10.3. The number of hydrogen-bond acceptors (Lipinski definition) is 4. The zero-order valence-corrected chi connectivity index (χ0v) is 42.5. The summed E-state index contributed by atoms with van der Waals surface area (Å²) in [4.78, 5) is 10.2. The number of para-hydroxylation sites is 3. The highest BCUT2D eigenvalue weighted by Crippen LogP contribution is 2.51. The Balaban J connectivity index is 1.04. The largest absolute Gasteiger partial charge is 0.457 e. The maximum absolute atomic E-state index is 7.12. The van der Waals surface area contributed by atoms with Crippen molar-refractivity contribution in [3.05, 3.63) is 217 Å². The molecule has 2 aromatic heterocycles. The van der Waals surface area contributed by atoms with Gasteiger partial charge < -0.3 is 14.5 Å². The summed E-state index contributed by atoms with van der Waals surface area (Å²) in [6.07, 6.45) is 2.06. The van der Waals surface area contributed by atoms with Crippen LogP contribution < -0.4 is 14.5 Å². The fourth-order valence-corrected chi connectivity index (χ4v) is 10.3. The summed E-state index contributed by atoms with van der Waals surface area (Å²) in [6, 6.07) is 70.2. The average molecular weight is 927 g/mol. The molecule has 0 spiro atoms. The second-order valence-corrected chi connectivity index (χ2v) is 22.2. The van der Waals surface area contributed by atoms with Crippen molar-refractivity contribution in [3.8, 4) is 50.7 Å².